The third-order valence-corrected chi connectivity index (χ3v) is 8.06. The summed E-state index contributed by atoms with van der Waals surface area (Å²) in [7, 11) is 0. The van der Waals surface area contributed by atoms with Crippen LogP contribution in [-0.4, -0.2) is 48.2 Å². The van der Waals surface area contributed by atoms with Crippen LogP contribution in [0.3, 0.4) is 0 Å². The number of ether oxygens (including phenoxy) is 4. The smallest absolute Gasteiger partial charge is 0.301 e. The van der Waals surface area contributed by atoms with Crippen molar-refractivity contribution >= 4 is 44.1 Å². The number of ketones is 1. The third kappa shape index (κ3) is 4.92. The predicted molar refractivity (Wildman–Crippen MR) is 160 cm³/mol. The first kappa shape index (κ1) is 27.6. The van der Waals surface area contributed by atoms with Gasteiger partial charge in [-0.3, -0.25) is 14.5 Å². The van der Waals surface area contributed by atoms with Gasteiger partial charge in [0, 0.05) is 5.56 Å². The molecule has 1 amide bonds. The Morgan fingerprint density at radius 3 is 2.60 bits per heavy atom. The van der Waals surface area contributed by atoms with Gasteiger partial charge in [0.1, 0.15) is 19.0 Å². The Morgan fingerprint density at radius 2 is 1.81 bits per heavy atom. The van der Waals surface area contributed by atoms with Gasteiger partial charge in [0.05, 0.1) is 35.0 Å². The van der Waals surface area contributed by atoms with Crippen molar-refractivity contribution in [3.05, 3.63) is 76.9 Å². The van der Waals surface area contributed by atoms with Crippen LogP contribution in [0.15, 0.2) is 60.2 Å². The summed E-state index contributed by atoms with van der Waals surface area (Å²) in [6.45, 7) is 7.55. The number of anilines is 1. The molecule has 0 saturated carbocycles. The number of aliphatic hydroxyl groups is 1. The van der Waals surface area contributed by atoms with Gasteiger partial charge in [-0.1, -0.05) is 30.4 Å². The van der Waals surface area contributed by atoms with Crippen LogP contribution in [0.1, 0.15) is 43.0 Å². The molecule has 9 nitrogen and oxygen atoms in total. The number of carbonyl (C=O) groups excluding carboxylic acids is 2. The Hall–Kier alpha value is -4.57. The molecule has 3 heterocycles. The quantitative estimate of drug-likeness (QED) is 0.148. The summed E-state index contributed by atoms with van der Waals surface area (Å²) in [6.07, 6.45) is 0.820. The number of aliphatic hydroxyl groups excluding tert-OH is 1. The molecule has 1 fully saturated rings. The summed E-state index contributed by atoms with van der Waals surface area (Å²) in [5, 5.41) is 12.0. The van der Waals surface area contributed by atoms with Crippen LogP contribution in [0.5, 0.6) is 23.0 Å². The third-order valence-electron chi connectivity index (χ3n) is 7.04. The van der Waals surface area contributed by atoms with Crippen LogP contribution in [0.4, 0.5) is 5.13 Å². The highest BCUT2D eigenvalue weighted by Gasteiger charge is 2.48. The van der Waals surface area contributed by atoms with Gasteiger partial charge >= 0.3 is 5.91 Å². The van der Waals surface area contributed by atoms with E-state index in [1.165, 1.54) is 16.2 Å². The van der Waals surface area contributed by atoms with E-state index in [-0.39, 0.29) is 11.3 Å². The van der Waals surface area contributed by atoms with Crippen molar-refractivity contribution in [1.29, 1.82) is 0 Å². The highest BCUT2D eigenvalue weighted by molar-refractivity contribution is 7.22. The minimum atomic E-state index is -0.973. The predicted octanol–water partition coefficient (Wildman–Crippen LogP) is 6.19. The minimum absolute atomic E-state index is 0.0585. The Balaban J connectivity index is 1.53. The molecule has 6 rings (SSSR count). The van der Waals surface area contributed by atoms with Crippen molar-refractivity contribution in [3.8, 4) is 23.0 Å². The lowest BCUT2D eigenvalue weighted by Gasteiger charge is -2.24. The first-order chi connectivity index (χ1) is 20.4. The molecule has 0 aliphatic carbocycles. The van der Waals surface area contributed by atoms with Crippen LogP contribution in [-0.2, 0) is 9.59 Å². The number of fused-ring (bicyclic) bond motifs is 2. The molecule has 10 heteroatoms. The fourth-order valence-corrected chi connectivity index (χ4v) is 6.20. The highest BCUT2D eigenvalue weighted by Crippen LogP contribution is 2.46. The number of aryl methyl sites for hydroxylation is 1. The number of nitrogens with zero attached hydrogens (tertiary/aromatic N) is 2. The molecule has 0 bridgehead atoms. The number of hydrogen-bond acceptors (Lipinski definition) is 9. The molecule has 1 N–H and O–H groups in total. The van der Waals surface area contributed by atoms with Crippen LogP contribution >= 0.6 is 11.3 Å². The number of aromatic nitrogens is 1. The monoisotopic (exact) mass is 586 g/mol. The average molecular weight is 587 g/mol. The van der Waals surface area contributed by atoms with Gasteiger partial charge in [-0.25, -0.2) is 4.98 Å². The molecule has 42 heavy (non-hydrogen) atoms. The SMILES string of the molecule is CCCOc1ccc([C@H]2C(=C(O)c3ccc4c(c3)OCCO4)C(=O)C(=O)N2c2nc3ccc(C)cc3s2)cc1OCC. The topological polar surface area (TPSA) is 107 Å². The van der Waals surface area contributed by atoms with E-state index < -0.39 is 17.7 Å². The zero-order valence-corrected chi connectivity index (χ0v) is 24.3. The number of rotatable bonds is 8. The maximum Gasteiger partial charge on any atom is 0.301 e. The Kier molecular flexibility index (Phi) is 7.47. The average Bonchev–Trinajstić information content (AvgIpc) is 3.53. The van der Waals surface area contributed by atoms with Gasteiger partial charge in [0.15, 0.2) is 28.1 Å². The summed E-state index contributed by atoms with van der Waals surface area (Å²) in [5.41, 5.74) is 2.60. The maximum absolute atomic E-state index is 13.7. The van der Waals surface area contributed by atoms with E-state index in [0.717, 1.165) is 16.7 Å². The molecular weight excluding hydrogens is 556 g/mol. The minimum Gasteiger partial charge on any atom is -0.507 e. The van der Waals surface area contributed by atoms with Crippen molar-refractivity contribution < 1.29 is 33.6 Å². The second-order valence-corrected chi connectivity index (χ2v) is 11.0. The zero-order chi connectivity index (χ0) is 29.4. The lowest BCUT2D eigenvalue weighted by atomic mass is 9.95. The number of benzene rings is 3. The van der Waals surface area contributed by atoms with Gasteiger partial charge in [-0.05, 0) is 73.9 Å². The lowest BCUT2D eigenvalue weighted by molar-refractivity contribution is -0.132. The second kappa shape index (κ2) is 11.4. The van der Waals surface area contributed by atoms with Gasteiger partial charge in [-0.15, -0.1) is 0 Å². The summed E-state index contributed by atoms with van der Waals surface area (Å²) in [5.74, 6) is 0.123. The van der Waals surface area contributed by atoms with Gasteiger partial charge in [0.2, 0.25) is 0 Å². The van der Waals surface area contributed by atoms with Crippen molar-refractivity contribution in [1.82, 2.24) is 4.98 Å². The fourth-order valence-electron chi connectivity index (χ4n) is 5.11. The molecule has 4 aromatic rings. The number of carbonyl (C=O) groups is 2. The van der Waals surface area contributed by atoms with Crippen LogP contribution in [0.25, 0.3) is 16.0 Å². The van der Waals surface area contributed by atoms with Gasteiger partial charge < -0.3 is 24.1 Å². The lowest BCUT2D eigenvalue weighted by Crippen LogP contribution is -2.29. The highest BCUT2D eigenvalue weighted by atomic mass is 32.1. The van der Waals surface area contributed by atoms with Crippen molar-refractivity contribution in [2.45, 2.75) is 33.2 Å². The normalized spacial score (nSPS) is 17.6. The summed E-state index contributed by atoms with van der Waals surface area (Å²) in [6, 6.07) is 15.1. The summed E-state index contributed by atoms with van der Waals surface area (Å²) < 4.78 is 24.0. The second-order valence-electron chi connectivity index (χ2n) is 9.98. The number of thiazole rings is 1. The molecule has 1 aromatic heterocycles. The van der Waals surface area contributed by atoms with E-state index in [0.29, 0.717) is 71.2 Å². The molecule has 0 spiro atoms. The first-order valence-electron chi connectivity index (χ1n) is 13.9. The van der Waals surface area contributed by atoms with E-state index in [2.05, 4.69) is 0 Å². The number of amides is 1. The summed E-state index contributed by atoms with van der Waals surface area (Å²) in [4.78, 5) is 33.5. The molecule has 2 aliphatic rings. The van der Waals surface area contributed by atoms with Gasteiger partial charge in [0.25, 0.3) is 5.78 Å². The molecule has 0 radical (unpaired) electrons. The van der Waals surface area contributed by atoms with E-state index in [4.69, 9.17) is 23.9 Å². The van der Waals surface area contributed by atoms with Crippen molar-refractivity contribution in [3.63, 3.8) is 0 Å². The standard InChI is InChI=1S/C32H30N2O7S/c1-4-12-39-22-10-7-19(16-24(22)38-5-2)28-27(29(35)20-8-11-23-25(17-20)41-14-13-40-23)30(36)31(37)34(28)32-33-21-9-6-18(3)15-26(21)42-32/h6-11,15-17,28,35H,4-5,12-14H2,1-3H3/t28-/m0/s1. The molecule has 2 aliphatic heterocycles. The first-order valence-corrected chi connectivity index (χ1v) is 14.7. The Labute approximate surface area is 246 Å². The van der Waals surface area contributed by atoms with E-state index in [1.807, 2.05) is 39.0 Å². The Bertz CT molecular complexity index is 1730. The van der Waals surface area contributed by atoms with Crippen LogP contribution in [0.2, 0.25) is 0 Å². The Morgan fingerprint density at radius 1 is 1.00 bits per heavy atom. The van der Waals surface area contributed by atoms with Crippen LogP contribution < -0.4 is 23.8 Å². The van der Waals surface area contributed by atoms with E-state index in [9.17, 15) is 14.7 Å². The van der Waals surface area contributed by atoms with Crippen molar-refractivity contribution in [2.24, 2.45) is 0 Å². The van der Waals surface area contributed by atoms with Crippen molar-refractivity contribution in [2.75, 3.05) is 31.3 Å². The number of hydrogen-bond donors (Lipinski definition) is 1. The maximum atomic E-state index is 13.7. The number of Topliss-reactive ketones (excluding diaryl/α,β-unsaturated/α-hetero) is 1. The molecule has 1 saturated heterocycles. The van der Waals surface area contributed by atoms with E-state index in [1.54, 1.807) is 36.4 Å². The fraction of sp³-hybridized carbons (Fsp3) is 0.281. The van der Waals surface area contributed by atoms with E-state index >= 15 is 0 Å². The zero-order valence-electron chi connectivity index (χ0n) is 23.5. The van der Waals surface area contributed by atoms with Gasteiger partial charge in [-0.2, -0.15) is 0 Å². The van der Waals surface area contributed by atoms with Crippen LogP contribution in [0, 0.1) is 6.92 Å². The molecule has 216 valence electrons. The molecule has 0 unspecified atom stereocenters. The largest absolute Gasteiger partial charge is 0.507 e. The molecule has 3 aromatic carbocycles. The molecular formula is C32H30N2O7S. The summed E-state index contributed by atoms with van der Waals surface area (Å²) >= 11 is 1.31. The molecule has 1 atom stereocenters.